The van der Waals surface area contributed by atoms with Gasteiger partial charge in [0.15, 0.2) is 0 Å². The molecular weight excluding hydrogens is 200 g/mol. The molecule has 1 aromatic heterocycles. The topological polar surface area (TPSA) is 12.9 Å². The summed E-state index contributed by atoms with van der Waals surface area (Å²) in [5, 5.41) is 0.483. The molecule has 0 radical (unpaired) electrons. The lowest BCUT2D eigenvalue weighted by Crippen LogP contribution is -1.73. The van der Waals surface area contributed by atoms with E-state index in [0.717, 1.165) is 11.5 Å². The van der Waals surface area contributed by atoms with Crippen LogP contribution < -0.4 is 0 Å². The maximum atomic E-state index is 5.64. The number of alkyl halides is 1. The number of aromatic nitrogens is 1. The summed E-state index contributed by atoms with van der Waals surface area (Å²) >= 11 is 17.8. The Morgan fingerprint density at radius 1 is 1.44 bits per heavy atom. The first-order valence-electron chi connectivity index (χ1n) is 2.11. The van der Waals surface area contributed by atoms with E-state index in [-0.39, 0.29) is 0 Å². The summed E-state index contributed by atoms with van der Waals surface area (Å²) in [4.78, 5) is 0. The Labute approximate surface area is 71.7 Å². The highest BCUT2D eigenvalue weighted by Crippen LogP contribution is 2.29. The molecule has 0 aliphatic heterocycles. The van der Waals surface area contributed by atoms with Crippen molar-refractivity contribution in [3.63, 3.8) is 0 Å². The molecule has 0 atom stereocenters. The highest BCUT2D eigenvalue weighted by atomic mass is 35.5. The third-order valence-corrected chi connectivity index (χ3v) is 2.73. The third kappa shape index (κ3) is 1.49. The largest absolute Gasteiger partial charge is 0.193 e. The molecule has 0 fully saturated rings. The van der Waals surface area contributed by atoms with Gasteiger partial charge in [-0.3, -0.25) is 0 Å². The van der Waals surface area contributed by atoms with Crippen LogP contribution >= 0.6 is 46.3 Å². The molecule has 0 aliphatic carbocycles. The predicted molar refractivity (Wildman–Crippen MR) is 41.7 cm³/mol. The summed E-state index contributed by atoms with van der Waals surface area (Å²) in [5.41, 5.74) is 0.660. The second kappa shape index (κ2) is 3.06. The molecule has 0 unspecified atom stereocenters. The molecule has 0 amide bonds. The van der Waals surface area contributed by atoms with Crippen LogP contribution in [-0.4, -0.2) is 4.37 Å². The monoisotopic (exact) mass is 201 g/mol. The quantitative estimate of drug-likeness (QED) is 0.638. The molecular formula is C4H2Cl3NS. The van der Waals surface area contributed by atoms with E-state index < -0.39 is 0 Å². The van der Waals surface area contributed by atoms with Crippen LogP contribution in [0.2, 0.25) is 9.36 Å². The van der Waals surface area contributed by atoms with E-state index in [2.05, 4.69) is 4.37 Å². The van der Waals surface area contributed by atoms with Crippen molar-refractivity contribution >= 4 is 46.3 Å². The van der Waals surface area contributed by atoms with Crippen LogP contribution in [0.4, 0.5) is 0 Å². The molecule has 0 saturated carbocycles. The zero-order valence-corrected chi connectivity index (χ0v) is 7.28. The van der Waals surface area contributed by atoms with Gasteiger partial charge in [0.1, 0.15) is 4.34 Å². The number of hydrogen-bond donors (Lipinski definition) is 0. The molecule has 1 nitrogen and oxygen atoms in total. The number of halogens is 3. The fourth-order valence-electron chi connectivity index (χ4n) is 0.372. The van der Waals surface area contributed by atoms with Crippen molar-refractivity contribution in [3.8, 4) is 0 Å². The molecule has 1 rings (SSSR count). The SMILES string of the molecule is ClCc1nsc(Cl)c1Cl. The Kier molecular flexibility index (Phi) is 2.59. The predicted octanol–water partition coefficient (Wildman–Crippen LogP) is 3.19. The Hall–Kier alpha value is 0.500. The summed E-state index contributed by atoms with van der Waals surface area (Å²) < 4.78 is 4.39. The first-order valence-corrected chi connectivity index (χ1v) is 4.17. The number of rotatable bonds is 1. The smallest absolute Gasteiger partial charge is 0.132 e. The van der Waals surface area contributed by atoms with Crippen LogP contribution in [0.5, 0.6) is 0 Å². The summed E-state index contributed by atoms with van der Waals surface area (Å²) in [5.74, 6) is 0.321. The second-order valence-electron chi connectivity index (χ2n) is 1.35. The van der Waals surface area contributed by atoms with Crippen molar-refractivity contribution in [3.05, 3.63) is 15.1 Å². The molecule has 0 bridgehead atoms. The van der Waals surface area contributed by atoms with Gasteiger partial charge in [0.2, 0.25) is 0 Å². The Bertz CT molecular complexity index is 210. The summed E-state index contributed by atoms with van der Waals surface area (Å²) in [7, 11) is 0. The van der Waals surface area contributed by atoms with Gasteiger partial charge in [-0.15, -0.1) is 11.6 Å². The Balaban J connectivity index is 3.04. The van der Waals surface area contributed by atoms with Crippen LogP contribution in [0.1, 0.15) is 5.69 Å². The lowest BCUT2D eigenvalue weighted by atomic mass is 10.5. The molecule has 0 saturated heterocycles. The maximum Gasteiger partial charge on any atom is 0.132 e. The summed E-state index contributed by atoms with van der Waals surface area (Å²) in [6, 6.07) is 0. The highest BCUT2D eigenvalue weighted by Gasteiger charge is 2.06. The first kappa shape index (κ1) is 7.61. The Morgan fingerprint density at radius 3 is 2.33 bits per heavy atom. The van der Waals surface area contributed by atoms with Crippen molar-refractivity contribution < 1.29 is 0 Å². The lowest BCUT2D eigenvalue weighted by Gasteiger charge is -1.83. The van der Waals surface area contributed by atoms with E-state index in [1.165, 1.54) is 0 Å². The van der Waals surface area contributed by atoms with Gasteiger partial charge in [-0.1, -0.05) is 23.2 Å². The van der Waals surface area contributed by atoms with Crippen LogP contribution in [-0.2, 0) is 5.88 Å². The van der Waals surface area contributed by atoms with Gasteiger partial charge >= 0.3 is 0 Å². The van der Waals surface area contributed by atoms with Crippen LogP contribution in [0.3, 0.4) is 0 Å². The standard InChI is InChI=1S/C4H2Cl3NS/c5-1-2-3(6)4(7)9-8-2/h1H2. The third-order valence-electron chi connectivity index (χ3n) is 0.788. The average Bonchev–Trinajstić information content (AvgIpc) is 2.15. The van der Waals surface area contributed by atoms with Crippen molar-refractivity contribution in [2.24, 2.45) is 0 Å². The minimum atomic E-state index is 0.321. The molecule has 0 N–H and O–H groups in total. The Morgan fingerprint density at radius 2 is 2.11 bits per heavy atom. The van der Waals surface area contributed by atoms with Crippen LogP contribution in [0.25, 0.3) is 0 Å². The van der Waals surface area contributed by atoms with E-state index >= 15 is 0 Å². The van der Waals surface area contributed by atoms with Gasteiger partial charge in [-0.2, -0.15) is 4.37 Å². The van der Waals surface area contributed by atoms with Gasteiger partial charge in [0.05, 0.1) is 16.6 Å². The van der Waals surface area contributed by atoms with Gasteiger partial charge in [-0.05, 0) is 11.5 Å². The molecule has 5 heteroatoms. The second-order valence-corrected chi connectivity index (χ2v) is 3.37. The molecule has 0 spiro atoms. The number of nitrogens with zero attached hydrogens (tertiary/aromatic N) is 1. The summed E-state index contributed by atoms with van der Waals surface area (Å²) in [6.07, 6.45) is 0. The zero-order valence-electron chi connectivity index (χ0n) is 4.20. The van der Waals surface area contributed by atoms with E-state index in [1.54, 1.807) is 0 Å². The van der Waals surface area contributed by atoms with Gasteiger partial charge in [0.25, 0.3) is 0 Å². The van der Waals surface area contributed by atoms with Gasteiger partial charge in [0, 0.05) is 0 Å². The van der Waals surface area contributed by atoms with E-state index in [4.69, 9.17) is 34.8 Å². The zero-order chi connectivity index (χ0) is 6.85. The highest BCUT2D eigenvalue weighted by molar-refractivity contribution is 7.11. The summed E-state index contributed by atoms with van der Waals surface area (Å²) in [6.45, 7) is 0. The maximum absolute atomic E-state index is 5.64. The van der Waals surface area contributed by atoms with E-state index in [9.17, 15) is 0 Å². The average molecular weight is 202 g/mol. The first-order chi connectivity index (χ1) is 4.25. The molecule has 0 aromatic carbocycles. The van der Waals surface area contributed by atoms with Crippen LogP contribution in [0.15, 0.2) is 0 Å². The van der Waals surface area contributed by atoms with Crippen molar-refractivity contribution in [2.45, 2.75) is 5.88 Å². The van der Waals surface area contributed by atoms with Crippen molar-refractivity contribution in [1.29, 1.82) is 0 Å². The fourth-order valence-corrected chi connectivity index (χ4v) is 1.72. The fraction of sp³-hybridized carbons (Fsp3) is 0.250. The molecule has 50 valence electrons. The van der Waals surface area contributed by atoms with Gasteiger partial charge in [-0.25, -0.2) is 0 Å². The lowest BCUT2D eigenvalue weighted by molar-refractivity contribution is 1.29. The van der Waals surface area contributed by atoms with Crippen LogP contribution in [0, 0.1) is 0 Å². The number of hydrogen-bond acceptors (Lipinski definition) is 2. The normalized spacial score (nSPS) is 10.1. The molecule has 0 aliphatic rings. The van der Waals surface area contributed by atoms with Crippen molar-refractivity contribution in [2.75, 3.05) is 0 Å². The van der Waals surface area contributed by atoms with E-state index in [1.807, 2.05) is 0 Å². The minimum Gasteiger partial charge on any atom is -0.193 e. The molecule has 1 aromatic rings. The van der Waals surface area contributed by atoms with E-state index in [0.29, 0.717) is 20.9 Å². The molecule has 1 heterocycles. The molecule has 9 heavy (non-hydrogen) atoms. The van der Waals surface area contributed by atoms with Gasteiger partial charge < -0.3 is 0 Å². The minimum absolute atomic E-state index is 0.321. The van der Waals surface area contributed by atoms with Crippen molar-refractivity contribution in [1.82, 2.24) is 4.37 Å².